The summed E-state index contributed by atoms with van der Waals surface area (Å²) < 4.78 is 29.4. The molecule has 0 spiro atoms. The second-order valence-electron chi connectivity index (χ2n) is 6.78. The molecule has 1 heterocycles. The van der Waals surface area contributed by atoms with E-state index >= 15 is 0 Å². The van der Waals surface area contributed by atoms with Crippen molar-refractivity contribution in [2.45, 2.75) is 17.7 Å². The van der Waals surface area contributed by atoms with Crippen molar-refractivity contribution in [3.63, 3.8) is 0 Å². The maximum atomic E-state index is 13.0. The number of hydrogen-bond donors (Lipinski definition) is 0. The minimum absolute atomic E-state index is 0.119. The summed E-state index contributed by atoms with van der Waals surface area (Å²) in [5, 5.41) is 0. The van der Waals surface area contributed by atoms with Crippen LogP contribution in [0.15, 0.2) is 47.4 Å². The minimum atomic E-state index is -0.253. The van der Waals surface area contributed by atoms with E-state index < -0.39 is 0 Å². The van der Waals surface area contributed by atoms with Gasteiger partial charge in [-0.1, -0.05) is 6.08 Å². The molecule has 0 atom stereocenters. The fourth-order valence-electron chi connectivity index (χ4n) is 3.39. The number of thioether (sulfide) groups is 1. The van der Waals surface area contributed by atoms with Gasteiger partial charge in [0, 0.05) is 42.3 Å². The molecular weight excluding hydrogens is 405 g/mol. The zero-order chi connectivity index (χ0) is 21.5. The van der Waals surface area contributed by atoms with Crippen LogP contribution >= 0.6 is 11.8 Å². The van der Waals surface area contributed by atoms with Crippen molar-refractivity contribution < 1.29 is 23.4 Å². The maximum absolute atomic E-state index is 13.0. The summed E-state index contributed by atoms with van der Waals surface area (Å²) in [5.74, 6) is 2.57. The lowest BCUT2D eigenvalue weighted by molar-refractivity contribution is -0.130. The molecule has 0 saturated heterocycles. The number of nitrogens with zero attached hydrogens (tertiary/aromatic N) is 1. The Bertz CT molecular complexity index is 889. The highest BCUT2D eigenvalue weighted by Crippen LogP contribution is 2.40. The molecule has 1 amide bonds. The number of ether oxygens (including phenoxy) is 3. The second-order valence-corrected chi connectivity index (χ2v) is 7.95. The molecule has 2 aromatic carbocycles. The Morgan fingerprint density at radius 2 is 1.73 bits per heavy atom. The van der Waals surface area contributed by atoms with Crippen LogP contribution in [0, 0.1) is 5.82 Å². The first-order valence-electron chi connectivity index (χ1n) is 9.71. The van der Waals surface area contributed by atoms with Gasteiger partial charge >= 0.3 is 0 Å². The Morgan fingerprint density at radius 1 is 1.07 bits per heavy atom. The van der Waals surface area contributed by atoms with E-state index in [2.05, 4.69) is 6.08 Å². The number of halogens is 1. The van der Waals surface area contributed by atoms with Gasteiger partial charge in [0.2, 0.25) is 5.91 Å². The first-order valence-corrected chi connectivity index (χ1v) is 10.7. The van der Waals surface area contributed by atoms with Gasteiger partial charge in [-0.25, -0.2) is 4.39 Å². The number of hydrogen-bond acceptors (Lipinski definition) is 5. The van der Waals surface area contributed by atoms with Crippen molar-refractivity contribution >= 4 is 23.2 Å². The summed E-state index contributed by atoms with van der Waals surface area (Å²) in [6, 6.07) is 10.0. The average Bonchev–Trinajstić information content (AvgIpc) is 2.79. The Morgan fingerprint density at radius 3 is 2.27 bits per heavy atom. The lowest BCUT2D eigenvalue weighted by Crippen LogP contribution is -2.34. The van der Waals surface area contributed by atoms with Crippen molar-refractivity contribution in [3.05, 3.63) is 53.9 Å². The average molecular weight is 432 g/mol. The normalized spacial score (nSPS) is 13.6. The van der Waals surface area contributed by atoms with Crippen molar-refractivity contribution in [3.8, 4) is 17.2 Å². The van der Waals surface area contributed by atoms with Crippen LogP contribution in [0.25, 0.3) is 5.57 Å². The van der Waals surface area contributed by atoms with Gasteiger partial charge in [-0.15, -0.1) is 11.8 Å². The summed E-state index contributed by atoms with van der Waals surface area (Å²) in [6.45, 7) is 1.19. The largest absolute Gasteiger partial charge is 0.496 e. The molecule has 0 aliphatic carbocycles. The van der Waals surface area contributed by atoms with Crippen molar-refractivity contribution in [2.24, 2.45) is 0 Å². The van der Waals surface area contributed by atoms with Gasteiger partial charge in [-0.2, -0.15) is 0 Å². The van der Waals surface area contributed by atoms with Crippen LogP contribution in [-0.2, 0) is 4.79 Å². The summed E-state index contributed by atoms with van der Waals surface area (Å²) >= 11 is 1.56. The fraction of sp³-hybridized carbons (Fsp3) is 0.348. The van der Waals surface area contributed by atoms with Gasteiger partial charge < -0.3 is 19.1 Å². The molecule has 0 bridgehead atoms. The molecular formula is C23H26FNO4S. The monoisotopic (exact) mass is 431 g/mol. The van der Waals surface area contributed by atoms with E-state index in [0.717, 1.165) is 22.5 Å². The van der Waals surface area contributed by atoms with Gasteiger partial charge in [-0.05, 0) is 36.3 Å². The number of methoxy groups -OCH3 is 3. The number of carbonyl (C=O) groups is 1. The summed E-state index contributed by atoms with van der Waals surface area (Å²) in [6.07, 6.45) is 3.22. The smallest absolute Gasteiger partial charge is 0.223 e. The van der Waals surface area contributed by atoms with Crippen LogP contribution in [-0.4, -0.2) is 51.0 Å². The maximum Gasteiger partial charge on any atom is 0.223 e. The third-order valence-electron chi connectivity index (χ3n) is 5.00. The quantitative estimate of drug-likeness (QED) is 0.570. The van der Waals surface area contributed by atoms with Gasteiger partial charge in [0.1, 0.15) is 23.1 Å². The zero-order valence-corrected chi connectivity index (χ0v) is 18.3. The van der Waals surface area contributed by atoms with Crippen molar-refractivity contribution in [1.82, 2.24) is 4.90 Å². The van der Waals surface area contributed by atoms with Crippen LogP contribution in [0.5, 0.6) is 17.2 Å². The molecule has 5 nitrogen and oxygen atoms in total. The number of rotatable bonds is 8. The van der Waals surface area contributed by atoms with Gasteiger partial charge in [0.25, 0.3) is 0 Å². The van der Waals surface area contributed by atoms with Crippen molar-refractivity contribution in [2.75, 3.05) is 40.2 Å². The summed E-state index contributed by atoms with van der Waals surface area (Å²) in [7, 11) is 4.84. The van der Waals surface area contributed by atoms with E-state index in [9.17, 15) is 9.18 Å². The van der Waals surface area contributed by atoms with Crippen LogP contribution in [0.4, 0.5) is 4.39 Å². The lowest BCUT2D eigenvalue weighted by atomic mass is 9.97. The van der Waals surface area contributed by atoms with E-state index in [1.807, 2.05) is 17.0 Å². The van der Waals surface area contributed by atoms with E-state index in [0.29, 0.717) is 42.5 Å². The first-order chi connectivity index (χ1) is 14.5. The van der Waals surface area contributed by atoms with E-state index in [-0.39, 0.29) is 11.7 Å². The number of amides is 1. The highest BCUT2D eigenvalue weighted by molar-refractivity contribution is 7.99. The first kappa shape index (κ1) is 22.0. The van der Waals surface area contributed by atoms with E-state index in [1.165, 1.54) is 12.1 Å². The third kappa shape index (κ3) is 5.27. The minimum Gasteiger partial charge on any atom is -0.496 e. The zero-order valence-electron chi connectivity index (χ0n) is 17.4. The van der Waals surface area contributed by atoms with Gasteiger partial charge in [-0.3, -0.25) is 4.79 Å². The molecule has 0 radical (unpaired) electrons. The number of carbonyl (C=O) groups excluding carboxylic acids is 1. The Kier molecular flexibility index (Phi) is 7.63. The van der Waals surface area contributed by atoms with Crippen LogP contribution in [0.2, 0.25) is 0 Å². The molecule has 0 N–H and O–H groups in total. The van der Waals surface area contributed by atoms with E-state index in [4.69, 9.17) is 14.2 Å². The number of benzene rings is 2. The predicted molar refractivity (Wildman–Crippen MR) is 117 cm³/mol. The van der Waals surface area contributed by atoms with Crippen LogP contribution in [0.3, 0.4) is 0 Å². The van der Waals surface area contributed by atoms with Crippen LogP contribution in [0.1, 0.15) is 18.4 Å². The molecule has 3 rings (SSSR count). The molecule has 1 aliphatic heterocycles. The molecule has 0 saturated carbocycles. The third-order valence-corrected chi connectivity index (χ3v) is 6.01. The topological polar surface area (TPSA) is 48.0 Å². The molecule has 30 heavy (non-hydrogen) atoms. The second kappa shape index (κ2) is 10.4. The highest BCUT2D eigenvalue weighted by atomic mass is 32.2. The lowest BCUT2D eigenvalue weighted by Gasteiger charge is -2.28. The standard InChI is InChI=1S/C23H26FNO4S/c1-27-18-14-20(28-2)23(21(15-18)29-3)16-8-11-25(12-9-16)22(26)10-13-30-19-6-4-17(24)5-7-19/h4-8,14-15H,9-13H2,1-3H3. The van der Waals surface area contributed by atoms with Gasteiger partial charge in [0.15, 0.2) is 0 Å². The summed E-state index contributed by atoms with van der Waals surface area (Å²) in [4.78, 5) is 15.4. The Balaban J connectivity index is 1.62. The van der Waals surface area contributed by atoms with Crippen molar-refractivity contribution in [1.29, 1.82) is 0 Å². The molecule has 0 unspecified atom stereocenters. The van der Waals surface area contributed by atoms with E-state index in [1.54, 1.807) is 45.2 Å². The van der Waals surface area contributed by atoms with Crippen LogP contribution < -0.4 is 14.2 Å². The van der Waals surface area contributed by atoms with Gasteiger partial charge in [0.05, 0.1) is 26.9 Å². The molecule has 1 aliphatic rings. The highest BCUT2D eigenvalue weighted by Gasteiger charge is 2.22. The molecule has 0 aromatic heterocycles. The molecule has 160 valence electrons. The summed E-state index contributed by atoms with van der Waals surface area (Å²) in [5.41, 5.74) is 2.00. The molecule has 0 fully saturated rings. The Hall–Kier alpha value is -2.67. The SMILES string of the molecule is COc1cc(OC)c(C2=CCN(C(=O)CCSc3ccc(F)cc3)CC2)c(OC)c1. The Labute approximate surface area is 180 Å². The molecule has 7 heteroatoms. The predicted octanol–water partition coefficient (Wildman–Crippen LogP) is 4.65. The molecule has 2 aromatic rings. The fourth-order valence-corrected chi connectivity index (χ4v) is 4.23.